The summed E-state index contributed by atoms with van der Waals surface area (Å²) in [5.74, 6) is -0.0422. The summed E-state index contributed by atoms with van der Waals surface area (Å²) >= 11 is -2.13. The summed E-state index contributed by atoms with van der Waals surface area (Å²) in [6.07, 6.45) is 6.28. The lowest BCUT2D eigenvalue weighted by Gasteiger charge is -2.05. The molecule has 0 spiro atoms. The second-order valence-electron chi connectivity index (χ2n) is 5.45. The molecule has 0 fully saturated rings. The number of unbranched alkanes of at least 4 members (excludes halogenated alkanes) is 4. The molecule has 0 N–H and O–H groups in total. The predicted molar refractivity (Wildman–Crippen MR) is 89.7 cm³/mol. The lowest BCUT2D eigenvalue weighted by atomic mass is 10.1. The third-order valence-electron chi connectivity index (χ3n) is 3.51. The minimum absolute atomic E-state index is 0.0422. The van der Waals surface area contributed by atoms with Gasteiger partial charge in [-0.1, -0.05) is 69.0 Å². The van der Waals surface area contributed by atoms with E-state index in [-0.39, 0.29) is 5.97 Å². The fraction of sp³-hybridized carbons (Fsp3) is 0.350. The molecule has 123 valence electrons. The molecular formula is C20H25IO2+. The highest BCUT2D eigenvalue weighted by Crippen LogP contribution is 2.04. The molecule has 1 radical (unpaired) electrons. The molecule has 2 nitrogen and oxygen atoms in total. The van der Waals surface area contributed by atoms with Crippen molar-refractivity contribution in [3.8, 4) is 0 Å². The van der Waals surface area contributed by atoms with Gasteiger partial charge >= 0.3 is 26.2 Å². The Kier molecular flexibility index (Phi) is 8.15. The summed E-state index contributed by atoms with van der Waals surface area (Å²) in [5, 5.41) is 0. The number of rotatable bonds is 9. The van der Waals surface area contributed by atoms with E-state index in [1.165, 1.54) is 26.4 Å². The van der Waals surface area contributed by atoms with Crippen LogP contribution in [0.25, 0.3) is 0 Å². The standard InChI is InChI=1S/C20H25IO2/c1-2-3-4-5-12-17-20(22)23-21(18-13-8-6-9-14-18)19-15-10-7-11-16-19/h6-11,13-16H,2-5,12,17H2,1H3/q+1. The quantitative estimate of drug-likeness (QED) is 0.456. The lowest BCUT2D eigenvalue weighted by Crippen LogP contribution is -3.85. The smallest absolute Gasteiger partial charge is 0.247 e. The Morgan fingerprint density at radius 2 is 1.35 bits per heavy atom. The molecule has 2 aromatic rings. The SMILES string of the molecule is CCCCCCCC(=O)O[I+](c1ccccc1)c1ccccc1. The molecule has 0 aliphatic heterocycles. The molecule has 0 heterocycles. The van der Waals surface area contributed by atoms with E-state index in [0.29, 0.717) is 6.42 Å². The van der Waals surface area contributed by atoms with Crippen LogP contribution in [-0.4, -0.2) is 5.97 Å². The van der Waals surface area contributed by atoms with Gasteiger partial charge in [0.25, 0.3) is 0 Å². The first-order valence-corrected chi connectivity index (χ1v) is 11.4. The van der Waals surface area contributed by atoms with Crippen LogP contribution in [0.5, 0.6) is 0 Å². The van der Waals surface area contributed by atoms with Crippen molar-refractivity contribution in [3.63, 3.8) is 0 Å². The van der Waals surface area contributed by atoms with Crippen LogP contribution < -0.4 is 20.2 Å². The molecule has 0 aromatic heterocycles. The lowest BCUT2D eigenvalue weighted by molar-refractivity contribution is -1.04. The van der Waals surface area contributed by atoms with Crippen molar-refractivity contribution in [2.24, 2.45) is 0 Å². The molecule has 0 amide bonds. The highest BCUT2D eigenvalue weighted by molar-refractivity contribution is 5.68. The molecule has 23 heavy (non-hydrogen) atoms. The van der Waals surface area contributed by atoms with Crippen LogP contribution in [0, 0.1) is 7.14 Å². The Morgan fingerprint density at radius 3 is 1.87 bits per heavy atom. The largest absolute Gasteiger partial charge is 0.360 e. The summed E-state index contributed by atoms with van der Waals surface area (Å²) in [6.45, 7) is 2.20. The van der Waals surface area contributed by atoms with Gasteiger partial charge in [0, 0.05) is 0 Å². The molecule has 0 aliphatic rings. The summed E-state index contributed by atoms with van der Waals surface area (Å²) < 4.78 is 8.28. The van der Waals surface area contributed by atoms with Gasteiger partial charge in [-0.15, -0.1) is 0 Å². The molecule has 2 aromatic carbocycles. The summed E-state index contributed by atoms with van der Waals surface area (Å²) in [5.41, 5.74) is 0. The van der Waals surface area contributed by atoms with Gasteiger partial charge in [0.1, 0.15) is 0 Å². The zero-order valence-corrected chi connectivity index (χ0v) is 15.9. The van der Waals surface area contributed by atoms with E-state index < -0.39 is 20.2 Å². The highest BCUT2D eigenvalue weighted by Gasteiger charge is 2.33. The molecule has 0 atom stereocenters. The zero-order chi connectivity index (χ0) is 16.3. The molecule has 0 unspecified atom stereocenters. The third-order valence-corrected chi connectivity index (χ3v) is 8.14. The van der Waals surface area contributed by atoms with Gasteiger partial charge in [0.2, 0.25) is 0 Å². The number of hydrogen-bond acceptors (Lipinski definition) is 2. The topological polar surface area (TPSA) is 26.3 Å². The van der Waals surface area contributed by atoms with E-state index in [4.69, 9.17) is 3.07 Å². The van der Waals surface area contributed by atoms with E-state index in [2.05, 4.69) is 31.2 Å². The van der Waals surface area contributed by atoms with Gasteiger partial charge in [-0.3, -0.25) is 0 Å². The minimum atomic E-state index is -2.13. The second-order valence-corrected chi connectivity index (χ2v) is 9.81. The van der Waals surface area contributed by atoms with Crippen LogP contribution in [0.1, 0.15) is 45.4 Å². The van der Waals surface area contributed by atoms with Crippen molar-refractivity contribution < 1.29 is 28.1 Å². The molecule has 0 saturated heterocycles. The first-order chi connectivity index (χ1) is 11.3. The first kappa shape index (κ1) is 18.0. The first-order valence-electron chi connectivity index (χ1n) is 8.32. The van der Waals surface area contributed by atoms with E-state index in [9.17, 15) is 4.79 Å². The summed E-state index contributed by atoms with van der Waals surface area (Å²) in [7, 11) is 0. The molecule has 0 bridgehead atoms. The molecule has 2 rings (SSSR count). The van der Waals surface area contributed by atoms with E-state index in [1.807, 2.05) is 36.4 Å². The van der Waals surface area contributed by atoms with Crippen molar-refractivity contribution in [2.45, 2.75) is 45.4 Å². The maximum Gasteiger partial charge on any atom is 0.360 e. The Labute approximate surface area is 147 Å². The highest BCUT2D eigenvalue weighted by atomic mass is 127. The van der Waals surface area contributed by atoms with Gasteiger partial charge in [0.15, 0.2) is 7.14 Å². The van der Waals surface area contributed by atoms with Crippen LogP contribution in [0.4, 0.5) is 0 Å². The monoisotopic (exact) mass is 424 g/mol. The zero-order valence-electron chi connectivity index (χ0n) is 13.7. The Balaban J connectivity index is 1.97. The van der Waals surface area contributed by atoms with Gasteiger partial charge in [-0.2, -0.15) is 0 Å². The fourth-order valence-electron chi connectivity index (χ4n) is 2.27. The van der Waals surface area contributed by atoms with Crippen LogP contribution in [-0.2, 0) is 7.86 Å². The van der Waals surface area contributed by atoms with Gasteiger partial charge in [0.05, 0.1) is 6.42 Å². The van der Waals surface area contributed by atoms with Crippen molar-refractivity contribution in [3.05, 3.63) is 67.8 Å². The van der Waals surface area contributed by atoms with E-state index in [1.54, 1.807) is 0 Å². The number of halogens is 1. The normalized spacial score (nSPS) is 10.7. The number of carbonyl (C=O) groups excluding carboxylic acids is 1. The van der Waals surface area contributed by atoms with Crippen molar-refractivity contribution >= 4 is 5.97 Å². The average Bonchev–Trinajstić information content (AvgIpc) is 2.61. The van der Waals surface area contributed by atoms with Crippen LogP contribution in [0.2, 0.25) is 0 Å². The summed E-state index contributed by atoms with van der Waals surface area (Å²) in [4.78, 5) is 12.2. The van der Waals surface area contributed by atoms with Crippen molar-refractivity contribution in [2.75, 3.05) is 0 Å². The molecule has 0 saturated carbocycles. The Bertz CT molecular complexity index is 529. The maximum absolute atomic E-state index is 12.2. The van der Waals surface area contributed by atoms with E-state index >= 15 is 0 Å². The average molecular weight is 424 g/mol. The number of benzene rings is 2. The van der Waals surface area contributed by atoms with Crippen LogP contribution in [0.15, 0.2) is 60.7 Å². The minimum Gasteiger partial charge on any atom is -0.247 e. The molecule has 3 heteroatoms. The number of hydrogen-bond donors (Lipinski definition) is 0. The second kappa shape index (κ2) is 10.4. The van der Waals surface area contributed by atoms with Crippen molar-refractivity contribution in [1.82, 2.24) is 0 Å². The van der Waals surface area contributed by atoms with Gasteiger partial charge < -0.3 is 0 Å². The predicted octanol–water partition coefficient (Wildman–Crippen LogP) is 2.17. The van der Waals surface area contributed by atoms with Crippen LogP contribution in [0.3, 0.4) is 0 Å². The summed E-state index contributed by atoms with van der Waals surface area (Å²) in [6, 6.07) is 20.4. The maximum atomic E-state index is 12.2. The van der Waals surface area contributed by atoms with Crippen LogP contribution >= 0.6 is 0 Å². The Hall–Kier alpha value is -1.36. The van der Waals surface area contributed by atoms with Crippen molar-refractivity contribution in [1.29, 1.82) is 0 Å². The third kappa shape index (κ3) is 6.34. The Morgan fingerprint density at radius 1 is 0.826 bits per heavy atom. The van der Waals surface area contributed by atoms with E-state index in [0.717, 1.165) is 12.8 Å². The fourth-order valence-corrected chi connectivity index (χ4v) is 6.35. The van der Waals surface area contributed by atoms with Gasteiger partial charge in [-0.05, 0) is 30.7 Å². The molecular weight excluding hydrogens is 399 g/mol. The molecule has 0 aliphatic carbocycles. The van der Waals surface area contributed by atoms with Gasteiger partial charge in [-0.25, -0.2) is 7.86 Å². The number of carbonyl (C=O) groups is 1.